The molecule has 1 aromatic carbocycles. The van der Waals surface area contributed by atoms with E-state index >= 15 is 0 Å². The van der Waals surface area contributed by atoms with Crippen LogP contribution in [0.4, 0.5) is 5.69 Å². The van der Waals surface area contributed by atoms with E-state index in [1.165, 1.54) is 0 Å². The average Bonchev–Trinajstić information content (AvgIpc) is 2.29. The van der Waals surface area contributed by atoms with E-state index in [9.17, 15) is 9.46 Å². The SMILES string of the molecule is CCCCOP(=O)(O)c1ccc(NC(C)C)cc1. The van der Waals surface area contributed by atoms with Gasteiger partial charge in [0, 0.05) is 11.7 Å². The van der Waals surface area contributed by atoms with Crippen LogP contribution in [0.2, 0.25) is 0 Å². The Labute approximate surface area is 109 Å². The second-order valence-electron chi connectivity index (χ2n) is 4.55. The number of benzene rings is 1. The molecule has 0 aliphatic rings. The van der Waals surface area contributed by atoms with Crippen LogP contribution in [0.15, 0.2) is 24.3 Å². The third-order valence-electron chi connectivity index (χ3n) is 2.41. The van der Waals surface area contributed by atoms with E-state index in [4.69, 9.17) is 4.52 Å². The zero-order valence-corrected chi connectivity index (χ0v) is 12.1. The maximum atomic E-state index is 11.9. The summed E-state index contributed by atoms with van der Waals surface area (Å²) in [7, 11) is -3.66. The molecule has 18 heavy (non-hydrogen) atoms. The molecule has 0 radical (unpaired) electrons. The third kappa shape index (κ3) is 4.81. The van der Waals surface area contributed by atoms with Gasteiger partial charge >= 0.3 is 7.60 Å². The normalized spacial score (nSPS) is 14.5. The van der Waals surface area contributed by atoms with Crippen molar-refractivity contribution in [2.45, 2.75) is 39.7 Å². The van der Waals surface area contributed by atoms with Crippen LogP contribution in [0.3, 0.4) is 0 Å². The van der Waals surface area contributed by atoms with Crippen molar-refractivity contribution in [2.24, 2.45) is 0 Å². The molecule has 0 fully saturated rings. The molecule has 0 bridgehead atoms. The van der Waals surface area contributed by atoms with E-state index in [0.717, 1.165) is 18.5 Å². The summed E-state index contributed by atoms with van der Waals surface area (Å²) in [4.78, 5) is 9.80. The quantitative estimate of drug-likeness (QED) is 0.591. The summed E-state index contributed by atoms with van der Waals surface area (Å²) in [6.45, 7) is 6.41. The maximum absolute atomic E-state index is 11.9. The Hall–Kier alpha value is -0.830. The number of hydrogen-bond donors (Lipinski definition) is 2. The molecule has 0 saturated heterocycles. The smallest absolute Gasteiger partial charge is 0.358 e. The molecule has 0 spiro atoms. The first kappa shape index (κ1) is 15.2. The fourth-order valence-electron chi connectivity index (χ4n) is 1.49. The largest absolute Gasteiger partial charge is 0.383 e. The van der Waals surface area contributed by atoms with Crippen molar-refractivity contribution in [1.29, 1.82) is 0 Å². The Balaban J connectivity index is 2.68. The van der Waals surface area contributed by atoms with E-state index in [0.29, 0.717) is 18.0 Å². The minimum absolute atomic E-state index is 0.316. The highest BCUT2D eigenvalue weighted by molar-refractivity contribution is 7.61. The van der Waals surface area contributed by atoms with Crippen molar-refractivity contribution < 1.29 is 14.0 Å². The van der Waals surface area contributed by atoms with Crippen LogP contribution in [-0.2, 0) is 9.09 Å². The molecule has 1 aromatic rings. The van der Waals surface area contributed by atoms with E-state index in [1.54, 1.807) is 24.3 Å². The van der Waals surface area contributed by atoms with E-state index < -0.39 is 7.60 Å². The Kier molecular flexibility index (Phi) is 5.86. The summed E-state index contributed by atoms with van der Waals surface area (Å²) in [6, 6.07) is 7.19. The Morgan fingerprint density at radius 3 is 2.44 bits per heavy atom. The highest BCUT2D eigenvalue weighted by atomic mass is 31.2. The summed E-state index contributed by atoms with van der Waals surface area (Å²) < 4.78 is 17.0. The molecule has 1 atom stereocenters. The second-order valence-corrected chi connectivity index (χ2v) is 6.37. The molecule has 102 valence electrons. The van der Waals surface area contributed by atoms with Crippen LogP contribution in [0.5, 0.6) is 0 Å². The summed E-state index contributed by atoms with van der Waals surface area (Å²) in [5.74, 6) is 0. The fraction of sp³-hybridized carbons (Fsp3) is 0.538. The summed E-state index contributed by atoms with van der Waals surface area (Å²) in [5.41, 5.74) is 0.933. The van der Waals surface area contributed by atoms with Gasteiger partial charge in [-0.25, -0.2) is 0 Å². The minimum Gasteiger partial charge on any atom is -0.383 e. The molecule has 0 heterocycles. The van der Waals surface area contributed by atoms with Gasteiger partial charge in [0.25, 0.3) is 0 Å². The van der Waals surface area contributed by atoms with Gasteiger partial charge in [0.15, 0.2) is 0 Å². The number of unbranched alkanes of at least 4 members (excludes halogenated alkanes) is 1. The van der Waals surface area contributed by atoms with Crippen LogP contribution in [0, 0.1) is 0 Å². The molecular weight excluding hydrogens is 249 g/mol. The lowest BCUT2D eigenvalue weighted by Crippen LogP contribution is -2.12. The van der Waals surface area contributed by atoms with Crippen molar-refractivity contribution in [3.05, 3.63) is 24.3 Å². The average molecular weight is 271 g/mol. The molecule has 5 heteroatoms. The van der Waals surface area contributed by atoms with Gasteiger partial charge in [-0.1, -0.05) is 13.3 Å². The Bertz CT molecular complexity index is 403. The Morgan fingerprint density at radius 2 is 1.94 bits per heavy atom. The molecule has 1 rings (SSSR count). The van der Waals surface area contributed by atoms with Gasteiger partial charge in [0.2, 0.25) is 0 Å². The van der Waals surface area contributed by atoms with Crippen molar-refractivity contribution in [1.82, 2.24) is 0 Å². The standard InChI is InChI=1S/C13H22NO3P/c1-4-5-10-17-18(15,16)13-8-6-12(7-9-13)14-11(2)3/h6-9,11,14H,4-5,10H2,1-3H3,(H,15,16). The van der Waals surface area contributed by atoms with Crippen molar-refractivity contribution in [3.63, 3.8) is 0 Å². The molecule has 4 nitrogen and oxygen atoms in total. The molecule has 0 aromatic heterocycles. The zero-order chi connectivity index (χ0) is 13.6. The van der Waals surface area contributed by atoms with E-state index in [1.807, 2.05) is 20.8 Å². The highest BCUT2D eigenvalue weighted by Crippen LogP contribution is 2.40. The van der Waals surface area contributed by atoms with Gasteiger partial charge in [0.1, 0.15) is 0 Å². The van der Waals surface area contributed by atoms with Gasteiger partial charge < -0.3 is 14.7 Å². The number of rotatable bonds is 7. The van der Waals surface area contributed by atoms with Gasteiger partial charge in [-0.05, 0) is 44.5 Å². The topological polar surface area (TPSA) is 58.6 Å². The zero-order valence-electron chi connectivity index (χ0n) is 11.2. The lowest BCUT2D eigenvalue weighted by atomic mass is 10.3. The summed E-state index contributed by atoms with van der Waals surface area (Å²) >= 11 is 0. The van der Waals surface area contributed by atoms with Crippen molar-refractivity contribution in [3.8, 4) is 0 Å². The first-order valence-electron chi connectivity index (χ1n) is 6.30. The van der Waals surface area contributed by atoms with Gasteiger partial charge in [0.05, 0.1) is 11.9 Å². The minimum atomic E-state index is -3.66. The molecule has 0 amide bonds. The fourth-order valence-corrected chi connectivity index (χ4v) is 2.54. The van der Waals surface area contributed by atoms with E-state index in [-0.39, 0.29) is 0 Å². The highest BCUT2D eigenvalue weighted by Gasteiger charge is 2.21. The number of nitrogens with one attached hydrogen (secondary N) is 1. The summed E-state index contributed by atoms with van der Waals surface area (Å²) in [5, 5.41) is 3.56. The van der Waals surface area contributed by atoms with Crippen molar-refractivity contribution >= 4 is 18.6 Å². The molecule has 2 N–H and O–H groups in total. The predicted octanol–water partition coefficient (Wildman–Crippen LogP) is 3.13. The maximum Gasteiger partial charge on any atom is 0.358 e. The van der Waals surface area contributed by atoms with Gasteiger partial charge in [-0.2, -0.15) is 0 Å². The molecule has 0 aliphatic heterocycles. The number of anilines is 1. The second kappa shape index (κ2) is 6.93. The third-order valence-corrected chi connectivity index (χ3v) is 3.90. The van der Waals surface area contributed by atoms with Crippen LogP contribution in [0.25, 0.3) is 0 Å². The van der Waals surface area contributed by atoms with Crippen LogP contribution >= 0.6 is 7.60 Å². The van der Waals surface area contributed by atoms with Crippen LogP contribution in [0.1, 0.15) is 33.6 Å². The first-order chi connectivity index (χ1) is 8.45. The lowest BCUT2D eigenvalue weighted by Gasteiger charge is -2.14. The molecule has 1 unspecified atom stereocenters. The van der Waals surface area contributed by atoms with Crippen LogP contribution < -0.4 is 10.6 Å². The van der Waals surface area contributed by atoms with Crippen molar-refractivity contribution in [2.75, 3.05) is 11.9 Å². The monoisotopic (exact) mass is 271 g/mol. The predicted molar refractivity (Wildman–Crippen MR) is 75.5 cm³/mol. The molecule has 0 aliphatic carbocycles. The first-order valence-corrected chi connectivity index (χ1v) is 7.88. The lowest BCUT2D eigenvalue weighted by molar-refractivity contribution is 0.264. The van der Waals surface area contributed by atoms with Gasteiger partial charge in [-0.15, -0.1) is 0 Å². The van der Waals surface area contributed by atoms with Crippen LogP contribution in [-0.4, -0.2) is 17.5 Å². The molecule has 0 saturated carbocycles. The van der Waals surface area contributed by atoms with E-state index in [2.05, 4.69) is 5.32 Å². The van der Waals surface area contributed by atoms with Gasteiger partial charge in [-0.3, -0.25) is 4.57 Å². The molecular formula is C13H22NO3P. The Morgan fingerprint density at radius 1 is 1.33 bits per heavy atom. The number of hydrogen-bond acceptors (Lipinski definition) is 3. The summed E-state index contributed by atoms with van der Waals surface area (Å²) in [6.07, 6.45) is 1.73.